The number of thiazole rings is 1. The highest BCUT2D eigenvalue weighted by Gasteiger charge is 2.39. The Bertz CT molecular complexity index is 1380. The predicted molar refractivity (Wildman–Crippen MR) is 134 cm³/mol. The maximum Gasteiger partial charge on any atom is 0.232 e. The van der Waals surface area contributed by atoms with E-state index in [-0.39, 0.29) is 11.8 Å². The molecule has 3 aromatic carbocycles. The lowest BCUT2D eigenvalue weighted by Gasteiger charge is -2.34. The first-order chi connectivity index (χ1) is 16.0. The van der Waals surface area contributed by atoms with Gasteiger partial charge in [0.05, 0.1) is 22.8 Å². The van der Waals surface area contributed by atoms with E-state index in [0.29, 0.717) is 5.13 Å². The van der Waals surface area contributed by atoms with Crippen LogP contribution in [0, 0.1) is 5.41 Å². The molecular formula is C27H24N4OS. The Morgan fingerprint density at radius 3 is 2.39 bits per heavy atom. The Hall–Kier alpha value is -3.77. The van der Waals surface area contributed by atoms with Crippen LogP contribution in [0.2, 0.25) is 0 Å². The van der Waals surface area contributed by atoms with Gasteiger partial charge in [-0.15, -0.1) is 11.3 Å². The molecule has 0 spiro atoms. The molecule has 164 valence electrons. The molecule has 1 unspecified atom stereocenters. The van der Waals surface area contributed by atoms with Crippen LogP contribution in [0.1, 0.15) is 30.9 Å². The number of anilines is 1. The van der Waals surface area contributed by atoms with Crippen molar-refractivity contribution in [3.8, 4) is 5.69 Å². The quantitative estimate of drug-likeness (QED) is 0.330. The van der Waals surface area contributed by atoms with E-state index in [1.165, 1.54) is 11.3 Å². The van der Waals surface area contributed by atoms with Gasteiger partial charge >= 0.3 is 0 Å². The van der Waals surface area contributed by atoms with E-state index in [9.17, 15) is 4.79 Å². The first kappa shape index (κ1) is 21.1. The Morgan fingerprint density at radius 2 is 1.70 bits per heavy atom. The number of para-hydroxylation sites is 1. The fourth-order valence-corrected chi connectivity index (χ4v) is 4.88. The third-order valence-electron chi connectivity index (χ3n) is 6.02. The summed E-state index contributed by atoms with van der Waals surface area (Å²) < 4.78 is 1.94. The van der Waals surface area contributed by atoms with Crippen LogP contribution in [0.3, 0.4) is 0 Å². The minimum absolute atomic E-state index is 0.0635. The molecule has 33 heavy (non-hydrogen) atoms. The number of carbonyl (C=O) groups is 1. The number of hydrogen-bond acceptors (Lipinski definition) is 4. The van der Waals surface area contributed by atoms with E-state index in [1.807, 2.05) is 78.6 Å². The molecule has 5 nitrogen and oxygen atoms in total. The van der Waals surface area contributed by atoms with Gasteiger partial charge < -0.3 is 5.32 Å². The average molecular weight is 453 g/mol. The van der Waals surface area contributed by atoms with Gasteiger partial charge in [-0.1, -0.05) is 68.4 Å². The monoisotopic (exact) mass is 452 g/mol. The summed E-state index contributed by atoms with van der Waals surface area (Å²) in [5, 5.41) is 11.1. The maximum absolute atomic E-state index is 13.4. The number of rotatable bonds is 6. The summed E-state index contributed by atoms with van der Waals surface area (Å²) in [4.78, 5) is 17.6. The third kappa shape index (κ3) is 4.05. The van der Waals surface area contributed by atoms with Gasteiger partial charge in [0.15, 0.2) is 5.13 Å². The summed E-state index contributed by atoms with van der Waals surface area (Å²) in [6, 6.07) is 26.6. The molecule has 0 radical (unpaired) electrons. The molecule has 0 saturated carbocycles. The van der Waals surface area contributed by atoms with Crippen LogP contribution in [0.25, 0.3) is 16.6 Å². The van der Waals surface area contributed by atoms with Crippen molar-refractivity contribution in [2.24, 2.45) is 5.41 Å². The van der Waals surface area contributed by atoms with Crippen LogP contribution in [0.15, 0.2) is 96.6 Å². The van der Waals surface area contributed by atoms with Gasteiger partial charge in [0.25, 0.3) is 0 Å². The minimum Gasteiger partial charge on any atom is -0.301 e. The smallest absolute Gasteiger partial charge is 0.232 e. The van der Waals surface area contributed by atoms with Crippen molar-refractivity contribution in [1.29, 1.82) is 0 Å². The molecule has 0 aliphatic carbocycles. The predicted octanol–water partition coefficient (Wildman–Crippen LogP) is 6.28. The van der Waals surface area contributed by atoms with E-state index in [4.69, 9.17) is 0 Å². The number of hydrogen-bond donors (Lipinski definition) is 1. The molecule has 1 N–H and O–H groups in total. The third-order valence-corrected chi connectivity index (χ3v) is 6.71. The molecule has 1 atom stereocenters. The molecule has 2 aromatic heterocycles. The van der Waals surface area contributed by atoms with E-state index in [1.54, 1.807) is 6.20 Å². The fourth-order valence-electron chi connectivity index (χ4n) is 4.35. The van der Waals surface area contributed by atoms with Gasteiger partial charge in [-0.25, -0.2) is 9.67 Å². The molecule has 0 aliphatic heterocycles. The Morgan fingerprint density at radius 1 is 0.970 bits per heavy atom. The van der Waals surface area contributed by atoms with Gasteiger partial charge in [0.2, 0.25) is 5.91 Å². The lowest BCUT2D eigenvalue weighted by molar-refractivity contribution is -0.124. The van der Waals surface area contributed by atoms with Crippen LogP contribution in [0.4, 0.5) is 5.13 Å². The molecule has 0 fully saturated rings. The van der Waals surface area contributed by atoms with Crippen molar-refractivity contribution >= 4 is 33.3 Å². The van der Waals surface area contributed by atoms with Crippen molar-refractivity contribution < 1.29 is 4.79 Å². The van der Waals surface area contributed by atoms with Crippen LogP contribution >= 0.6 is 11.3 Å². The zero-order chi connectivity index (χ0) is 22.8. The SMILES string of the molecule is CC(C)(C(=O)Nc1nccs1)C(c1ccccc1)c1ccc2c(cnn2-c2ccccc2)c1. The van der Waals surface area contributed by atoms with Gasteiger partial charge in [-0.2, -0.15) is 5.10 Å². The number of carbonyl (C=O) groups excluding carboxylic acids is 1. The van der Waals surface area contributed by atoms with Crippen LogP contribution < -0.4 is 5.32 Å². The number of benzene rings is 3. The molecule has 5 rings (SSSR count). The average Bonchev–Trinajstić information content (AvgIpc) is 3.50. The largest absolute Gasteiger partial charge is 0.301 e. The van der Waals surface area contributed by atoms with E-state index < -0.39 is 5.41 Å². The number of nitrogens with one attached hydrogen (secondary N) is 1. The van der Waals surface area contributed by atoms with Gasteiger partial charge in [-0.3, -0.25) is 4.79 Å². The fraction of sp³-hybridized carbons (Fsp3) is 0.148. The normalized spacial score (nSPS) is 12.5. The Kier molecular flexibility index (Phi) is 5.52. The molecule has 0 aliphatic rings. The van der Waals surface area contributed by atoms with Crippen molar-refractivity contribution in [2.75, 3.05) is 5.32 Å². The molecule has 5 aromatic rings. The second-order valence-corrected chi connectivity index (χ2v) is 9.46. The number of nitrogens with zero attached hydrogens (tertiary/aromatic N) is 3. The van der Waals surface area contributed by atoms with Gasteiger partial charge in [0.1, 0.15) is 0 Å². The minimum atomic E-state index is -0.726. The first-order valence-corrected chi connectivity index (χ1v) is 11.7. The van der Waals surface area contributed by atoms with Crippen LogP contribution in [0.5, 0.6) is 0 Å². The summed E-state index contributed by atoms with van der Waals surface area (Å²) in [5.41, 5.74) is 3.48. The van der Waals surface area contributed by atoms with E-state index in [0.717, 1.165) is 27.7 Å². The number of amides is 1. The van der Waals surface area contributed by atoms with Crippen molar-refractivity contribution in [3.05, 3.63) is 108 Å². The topological polar surface area (TPSA) is 59.8 Å². The van der Waals surface area contributed by atoms with Crippen LogP contribution in [-0.4, -0.2) is 20.7 Å². The van der Waals surface area contributed by atoms with Crippen molar-refractivity contribution in [1.82, 2.24) is 14.8 Å². The summed E-state index contributed by atoms with van der Waals surface area (Å²) in [6.45, 7) is 3.98. The maximum atomic E-state index is 13.4. The summed E-state index contributed by atoms with van der Waals surface area (Å²) >= 11 is 1.42. The van der Waals surface area contributed by atoms with E-state index in [2.05, 4.69) is 45.7 Å². The molecule has 2 heterocycles. The number of fused-ring (bicyclic) bond motifs is 1. The number of aromatic nitrogens is 3. The summed E-state index contributed by atoms with van der Waals surface area (Å²) in [5.74, 6) is -0.213. The lowest BCUT2D eigenvalue weighted by atomic mass is 9.70. The Labute approximate surface area is 196 Å². The molecule has 0 bridgehead atoms. The molecule has 6 heteroatoms. The zero-order valence-electron chi connectivity index (χ0n) is 18.5. The first-order valence-electron chi connectivity index (χ1n) is 10.8. The van der Waals surface area contributed by atoms with Crippen molar-refractivity contribution in [2.45, 2.75) is 19.8 Å². The zero-order valence-corrected chi connectivity index (χ0v) is 19.3. The lowest BCUT2D eigenvalue weighted by Crippen LogP contribution is -2.37. The second kappa shape index (κ2) is 8.64. The molecule has 1 amide bonds. The Balaban J connectivity index is 1.58. The molecule has 0 saturated heterocycles. The standard InChI is InChI=1S/C27H24N4OS/c1-27(2,25(32)30-26-28-15-16-33-26)24(19-9-5-3-6-10-19)20-13-14-23-21(17-20)18-29-31(23)22-11-7-4-8-12-22/h3-18,24H,1-2H3,(H,28,30,32). The van der Waals surface area contributed by atoms with Gasteiger partial charge in [-0.05, 0) is 35.4 Å². The molecular weight excluding hydrogens is 428 g/mol. The summed E-state index contributed by atoms with van der Waals surface area (Å²) in [7, 11) is 0. The van der Waals surface area contributed by atoms with Crippen molar-refractivity contribution in [3.63, 3.8) is 0 Å². The second-order valence-electron chi connectivity index (χ2n) is 8.57. The highest BCUT2D eigenvalue weighted by atomic mass is 32.1. The van der Waals surface area contributed by atoms with Gasteiger partial charge in [0, 0.05) is 22.9 Å². The highest BCUT2D eigenvalue weighted by Crippen LogP contribution is 2.42. The van der Waals surface area contributed by atoms with Crippen LogP contribution in [-0.2, 0) is 4.79 Å². The van der Waals surface area contributed by atoms with E-state index >= 15 is 0 Å². The summed E-state index contributed by atoms with van der Waals surface area (Å²) in [6.07, 6.45) is 3.58. The highest BCUT2D eigenvalue weighted by molar-refractivity contribution is 7.13.